The van der Waals surface area contributed by atoms with Gasteiger partial charge in [-0.25, -0.2) is 28.3 Å². The second kappa shape index (κ2) is 25.7. The highest BCUT2D eigenvalue weighted by Crippen LogP contribution is 2.29. The van der Waals surface area contributed by atoms with Crippen LogP contribution in [0.15, 0.2) is 120 Å². The van der Waals surface area contributed by atoms with E-state index in [0.29, 0.717) is 84.0 Å². The molecule has 0 spiro atoms. The number of piperidine rings is 1. The Morgan fingerprint density at radius 1 is 0.589 bits per heavy atom. The number of likely N-dealkylation sites (tertiary alicyclic amines) is 1. The maximum atomic E-state index is 14.1. The molecule has 2 unspecified atom stereocenters. The molecule has 6 heterocycles. The predicted octanol–water partition coefficient (Wildman–Crippen LogP) is 10.2. The Bertz CT molecular complexity index is 3280. The largest absolute Gasteiger partial charge is 0.423 e. The molecular weight excluding hydrogens is 1030 g/mol. The van der Waals surface area contributed by atoms with Crippen molar-refractivity contribution < 1.29 is 36.6 Å². The normalized spacial score (nSPS) is 14.8. The highest BCUT2D eigenvalue weighted by Gasteiger charge is 2.23. The van der Waals surface area contributed by atoms with Gasteiger partial charge in [0.05, 0.1) is 23.6 Å². The van der Waals surface area contributed by atoms with E-state index >= 15 is 0 Å². The number of fused-ring (bicyclic) bond motifs is 4. The van der Waals surface area contributed by atoms with Crippen molar-refractivity contribution in [3.63, 3.8) is 0 Å². The molecule has 4 N–H and O–H groups in total. The molecule has 2 aliphatic heterocycles. The van der Waals surface area contributed by atoms with Gasteiger partial charge in [-0.2, -0.15) is 8.78 Å². The van der Waals surface area contributed by atoms with E-state index in [1.807, 2.05) is 50.2 Å². The summed E-state index contributed by atoms with van der Waals surface area (Å²) in [6.45, 7) is 10.2. The SMILES string of the molecule is C.Cc1ccc2cc(F)nc(Br)c2c1.Cc1ccc2cc(F)nc(N3CCN(CC(O)CNc4cc(=O)oc5ccc(F)cc45)CC3)c2c1.Cl.O=c1cc(NCC(O)CN2CCCCC2)c2cc(F)ccc2o1. The first-order chi connectivity index (χ1) is 34.1. The molecule has 2 aliphatic rings. The van der Waals surface area contributed by atoms with Gasteiger partial charge in [-0.15, -0.1) is 12.4 Å². The average Bonchev–Trinajstić information content (AvgIpc) is 3.34. The van der Waals surface area contributed by atoms with Gasteiger partial charge in [0.15, 0.2) is 0 Å². The highest BCUT2D eigenvalue weighted by molar-refractivity contribution is 9.10. The van der Waals surface area contributed by atoms with Crippen LogP contribution in [-0.2, 0) is 0 Å². The molecule has 0 amide bonds. The van der Waals surface area contributed by atoms with Gasteiger partial charge in [0.25, 0.3) is 0 Å². The first-order valence-electron chi connectivity index (χ1n) is 23.4. The molecular formula is C54H59BrClF4N7O6. The number of aryl methyl sites for hydroxylation is 2. The smallest absolute Gasteiger partial charge is 0.338 e. The molecule has 0 aliphatic carbocycles. The van der Waals surface area contributed by atoms with E-state index in [1.165, 1.54) is 79.9 Å². The lowest BCUT2D eigenvalue weighted by atomic mass is 10.1. The Kier molecular flexibility index (Phi) is 19.8. The molecule has 388 valence electrons. The Labute approximate surface area is 434 Å². The van der Waals surface area contributed by atoms with Gasteiger partial charge in [0, 0.05) is 98.2 Å². The van der Waals surface area contributed by atoms with E-state index in [-0.39, 0.29) is 32.0 Å². The Morgan fingerprint density at radius 3 is 1.58 bits per heavy atom. The fraction of sp³-hybridized carbons (Fsp3) is 0.333. The number of nitrogens with zero attached hydrogens (tertiary/aromatic N) is 5. The number of pyridine rings is 2. The van der Waals surface area contributed by atoms with Gasteiger partial charge in [-0.05, 0) is 115 Å². The molecule has 4 aromatic carbocycles. The molecule has 0 saturated carbocycles. The van der Waals surface area contributed by atoms with E-state index in [2.05, 4.69) is 51.2 Å². The Morgan fingerprint density at radius 2 is 1.05 bits per heavy atom. The fourth-order valence-corrected chi connectivity index (χ4v) is 9.38. The molecule has 4 aromatic heterocycles. The lowest BCUT2D eigenvalue weighted by Gasteiger charge is -2.36. The van der Waals surface area contributed by atoms with Crippen LogP contribution in [-0.4, -0.2) is 108 Å². The molecule has 2 fully saturated rings. The lowest BCUT2D eigenvalue weighted by molar-refractivity contribution is 0.110. The van der Waals surface area contributed by atoms with Crippen LogP contribution >= 0.6 is 28.3 Å². The summed E-state index contributed by atoms with van der Waals surface area (Å²) >= 11 is 3.23. The van der Waals surface area contributed by atoms with Crippen LogP contribution in [0.5, 0.6) is 0 Å². The van der Waals surface area contributed by atoms with Crippen LogP contribution in [0, 0.1) is 37.4 Å². The number of hydrogen-bond acceptors (Lipinski definition) is 13. The number of aliphatic hydroxyl groups is 2. The van der Waals surface area contributed by atoms with E-state index < -0.39 is 47.0 Å². The van der Waals surface area contributed by atoms with Gasteiger partial charge in [0.1, 0.15) is 33.2 Å². The van der Waals surface area contributed by atoms with Crippen molar-refractivity contribution in [3.05, 3.63) is 157 Å². The minimum atomic E-state index is -0.715. The van der Waals surface area contributed by atoms with Crippen LogP contribution in [0.25, 0.3) is 43.5 Å². The quantitative estimate of drug-likeness (QED) is 0.0551. The third kappa shape index (κ3) is 15.0. The number of β-amino-alcohol motifs (C(OH)–C–C–N with tert-alkyl or cyclic N) is 2. The number of aliphatic hydroxyl groups excluding tert-OH is 2. The van der Waals surface area contributed by atoms with Gasteiger partial charge >= 0.3 is 11.3 Å². The average molecular weight is 1090 g/mol. The number of aromatic nitrogens is 2. The molecule has 73 heavy (non-hydrogen) atoms. The summed E-state index contributed by atoms with van der Waals surface area (Å²) in [5.74, 6) is -1.15. The molecule has 10 rings (SSSR count). The predicted molar refractivity (Wildman–Crippen MR) is 287 cm³/mol. The van der Waals surface area contributed by atoms with Crippen LogP contribution in [0.1, 0.15) is 37.8 Å². The van der Waals surface area contributed by atoms with E-state index in [4.69, 9.17) is 8.83 Å². The molecule has 2 saturated heterocycles. The molecule has 0 radical (unpaired) electrons. The zero-order chi connectivity index (χ0) is 50.2. The number of anilines is 3. The molecule has 8 aromatic rings. The second-order valence-electron chi connectivity index (χ2n) is 17.9. The Hall–Kier alpha value is -6.15. The Balaban J connectivity index is 0.000000196. The topological polar surface area (TPSA) is 160 Å². The van der Waals surface area contributed by atoms with Crippen LogP contribution in [0.3, 0.4) is 0 Å². The van der Waals surface area contributed by atoms with Crippen molar-refractivity contribution in [2.24, 2.45) is 0 Å². The minimum absolute atomic E-state index is 0. The van der Waals surface area contributed by atoms with Gasteiger partial charge in [-0.1, -0.05) is 49.2 Å². The number of hydrogen-bond donors (Lipinski definition) is 4. The number of nitrogens with one attached hydrogen (secondary N) is 2. The summed E-state index contributed by atoms with van der Waals surface area (Å²) in [6.07, 6.45) is 2.33. The maximum absolute atomic E-state index is 14.1. The first kappa shape index (κ1) is 56.2. The summed E-state index contributed by atoms with van der Waals surface area (Å²) in [7, 11) is 0. The van der Waals surface area contributed by atoms with Gasteiger partial charge in [0.2, 0.25) is 11.9 Å². The highest BCUT2D eigenvalue weighted by atomic mass is 79.9. The number of benzene rings is 4. The molecule has 13 nitrogen and oxygen atoms in total. The summed E-state index contributed by atoms with van der Waals surface area (Å²) in [5, 5.41) is 31.4. The van der Waals surface area contributed by atoms with Crippen molar-refractivity contribution in [2.45, 2.75) is 52.7 Å². The van der Waals surface area contributed by atoms with Crippen molar-refractivity contribution in [3.8, 4) is 0 Å². The van der Waals surface area contributed by atoms with E-state index in [0.717, 1.165) is 45.8 Å². The van der Waals surface area contributed by atoms with Crippen molar-refractivity contribution in [1.29, 1.82) is 0 Å². The van der Waals surface area contributed by atoms with Gasteiger partial charge in [-0.3, -0.25) is 4.90 Å². The van der Waals surface area contributed by atoms with Gasteiger partial charge < -0.3 is 39.5 Å². The standard InChI is InChI=1S/C26H26F2N4O3.C17H21FN2O3.C10H7BrFN.CH4.ClH/c1-16-2-3-17-11-24(28)30-26(20(17)10-16)32-8-6-31(7-9-32)15-19(33)14-29-22-13-25(34)35-23-5-4-18(27)12-21(22)23;18-12-4-5-16-14(8-12)15(9-17(22)23-16)19-10-13(21)11-20-6-2-1-3-7-20;1-6-2-3-7-5-9(12)13-10(11)8(7)4-6;;/h2-5,10-13,19,29,33H,6-9,14-15H2,1H3;4-5,8-9,13,19,21H,1-3,6-7,10-11H2;2-5H,1H3;1H4;1H. The monoisotopic (exact) mass is 1090 g/mol. The molecule has 19 heteroatoms. The summed E-state index contributed by atoms with van der Waals surface area (Å²) in [5.41, 5.74) is 2.68. The van der Waals surface area contributed by atoms with E-state index in [9.17, 15) is 37.4 Å². The van der Waals surface area contributed by atoms with Crippen LogP contribution < -0.4 is 26.8 Å². The number of halogens is 6. The molecule has 2 atom stereocenters. The van der Waals surface area contributed by atoms with Crippen molar-refractivity contribution in [2.75, 3.05) is 81.0 Å². The van der Waals surface area contributed by atoms with Crippen molar-refractivity contribution >= 4 is 89.0 Å². The first-order valence-corrected chi connectivity index (χ1v) is 24.2. The second-order valence-corrected chi connectivity index (χ2v) is 18.7. The van der Waals surface area contributed by atoms with Crippen molar-refractivity contribution in [1.82, 2.24) is 19.8 Å². The summed E-state index contributed by atoms with van der Waals surface area (Å²) in [6, 6.07) is 25.1. The number of piperazine rings is 1. The summed E-state index contributed by atoms with van der Waals surface area (Å²) < 4.78 is 64.8. The van der Waals surface area contributed by atoms with E-state index in [1.54, 1.807) is 0 Å². The molecule has 0 bridgehead atoms. The third-order valence-electron chi connectivity index (χ3n) is 12.4. The third-order valence-corrected chi connectivity index (χ3v) is 13.0. The fourth-order valence-electron chi connectivity index (χ4n) is 8.87. The lowest BCUT2D eigenvalue weighted by Crippen LogP contribution is -2.49. The summed E-state index contributed by atoms with van der Waals surface area (Å²) in [4.78, 5) is 37.7. The van der Waals surface area contributed by atoms with Crippen LogP contribution in [0.4, 0.5) is 34.8 Å². The number of rotatable bonds is 11. The zero-order valence-electron chi connectivity index (χ0n) is 39.6. The maximum Gasteiger partial charge on any atom is 0.338 e. The zero-order valence-corrected chi connectivity index (χ0v) is 42.0. The van der Waals surface area contributed by atoms with Crippen LogP contribution in [0.2, 0.25) is 0 Å². The minimum Gasteiger partial charge on any atom is -0.423 e.